The zero-order chi connectivity index (χ0) is 10.6. The summed E-state index contributed by atoms with van der Waals surface area (Å²) in [5, 5.41) is 0. The third-order valence-corrected chi connectivity index (χ3v) is 4.00. The van der Waals surface area contributed by atoms with E-state index in [1.165, 1.54) is 0 Å². The second-order valence-electron chi connectivity index (χ2n) is 3.91. The molecule has 15 heavy (non-hydrogen) atoms. The first kappa shape index (κ1) is 16.4. The van der Waals surface area contributed by atoms with Crippen molar-refractivity contribution in [2.45, 2.75) is 26.1 Å². The minimum Gasteiger partial charge on any atom is -0.382 e. The molecule has 0 bridgehead atoms. The number of rotatable bonds is 5. The summed E-state index contributed by atoms with van der Waals surface area (Å²) < 4.78 is 16.2. The second-order valence-corrected chi connectivity index (χ2v) is 5.02. The van der Waals surface area contributed by atoms with Gasteiger partial charge in [0.05, 0.1) is 18.8 Å². The van der Waals surface area contributed by atoms with E-state index in [4.69, 9.17) is 14.0 Å². The van der Waals surface area contributed by atoms with Crippen molar-refractivity contribution in [3.8, 4) is 0 Å². The van der Waals surface area contributed by atoms with Gasteiger partial charge in [0.1, 0.15) is 0 Å². The average molecular weight is 309 g/mol. The fourth-order valence-electron chi connectivity index (χ4n) is 2.01. The van der Waals surface area contributed by atoms with Crippen molar-refractivity contribution < 1.29 is 46.7 Å². The predicted octanol–water partition coefficient (Wildman–Crippen LogP) is 1.91. The number of ether oxygens (including phenoxy) is 2. The van der Waals surface area contributed by atoms with Crippen LogP contribution in [-0.4, -0.2) is 39.2 Å². The van der Waals surface area contributed by atoms with E-state index in [2.05, 4.69) is 13.8 Å². The normalized spacial score (nSPS) is 36.0. The SMILES string of the molecule is COCC1OC(C)C(C)C1CPOC.[Y]. The summed E-state index contributed by atoms with van der Waals surface area (Å²) in [5.41, 5.74) is 0. The molecule has 5 unspecified atom stereocenters. The van der Waals surface area contributed by atoms with Gasteiger partial charge in [-0.1, -0.05) is 6.92 Å². The molecule has 1 aliphatic heterocycles. The summed E-state index contributed by atoms with van der Waals surface area (Å²) in [6.07, 6.45) is 1.70. The van der Waals surface area contributed by atoms with Crippen molar-refractivity contribution in [2.75, 3.05) is 27.0 Å². The van der Waals surface area contributed by atoms with Crippen LogP contribution in [0.25, 0.3) is 0 Å². The molecular formula is C10H21O3PY. The Hall–Kier alpha value is 1.41. The Kier molecular flexibility index (Phi) is 9.30. The summed E-state index contributed by atoms with van der Waals surface area (Å²) >= 11 is 0. The van der Waals surface area contributed by atoms with Crippen LogP contribution in [0.1, 0.15) is 13.8 Å². The average Bonchev–Trinajstić information content (AvgIpc) is 2.42. The molecule has 0 spiro atoms. The van der Waals surface area contributed by atoms with Gasteiger partial charge in [-0.3, -0.25) is 0 Å². The van der Waals surface area contributed by atoms with Crippen molar-refractivity contribution >= 4 is 8.81 Å². The van der Waals surface area contributed by atoms with Crippen LogP contribution in [-0.2, 0) is 46.7 Å². The zero-order valence-corrected chi connectivity index (χ0v) is 13.9. The first-order chi connectivity index (χ1) is 6.70. The molecule has 0 saturated carbocycles. The van der Waals surface area contributed by atoms with E-state index in [1.807, 2.05) is 0 Å². The molecule has 3 nitrogen and oxygen atoms in total. The fourth-order valence-corrected chi connectivity index (χ4v) is 3.01. The topological polar surface area (TPSA) is 27.7 Å². The molecule has 0 amide bonds. The van der Waals surface area contributed by atoms with E-state index in [0.717, 1.165) is 6.16 Å². The maximum atomic E-state index is 5.85. The largest absolute Gasteiger partial charge is 0.382 e. The smallest absolute Gasteiger partial charge is 0.0847 e. The van der Waals surface area contributed by atoms with Gasteiger partial charge in [0, 0.05) is 55.7 Å². The number of hydrogen-bond donors (Lipinski definition) is 0. The molecule has 5 heteroatoms. The number of hydrogen-bond acceptors (Lipinski definition) is 3. The minimum atomic E-state index is 0. The van der Waals surface area contributed by atoms with E-state index < -0.39 is 0 Å². The van der Waals surface area contributed by atoms with Crippen LogP contribution in [0.4, 0.5) is 0 Å². The first-order valence-corrected chi connectivity index (χ1v) is 6.22. The van der Waals surface area contributed by atoms with Gasteiger partial charge in [0.2, 0.25) is 0 Å². The summed E-state index contributed by atoms with van der Waals surface area (Å²) in [6, 6.07) is 0. The van der Waals surface area contributed by atoms with E-state index in [9.17, 15) is 0 Å². The summed E-state index contributed by atoms with van der Waals surface area (Å²) in [7, 11) is 4.07. The van der Waals surface area contributed by atoms with Gasteiger partial charge in [0.15, 0.2) is 0 Å². The minimum absolute atomic E-state index is 0. The molecular weight excluding hydrogens is 288 g/mol. The van der Waals surface area contributed by atoms with Gasteiger partial charge in [0.25, 0.3) is 0 Å². The van der Waals surface area contributed by atoms with Gasteiger partial charge in [-0.2, -0.15) is 0 Å². The van der Waals surface area contributed by atoms with Gasteiger partial charge < -0.3 is 14.0 Å². The van der Waals surface area contributed by atoms with Crippen molar-refractivity contribution in [1.82, 2.24) is 0 Å². The van der Waals surface area contributed by atoms with Crippen LogP contribution in [0.5, 0.6) is 0 Å². The molecule has 0 aromatic heterocycles. The van der Waals surface area contributed by atoms with Crippen LogP contribution in [0, 0.1) is 11.8 Å². The zero-order valence-electron chi connectivity index (χ0n) is 10.0. The molecule has 0 aromatic carbocycles. The van der Waals surface area contributed by atoms with Crippen molar-refractivity contribution in [1.29, 1.82) is 0 Å². The second kappa shape index (κ2) is 8.50. The summed E-state index contributed by atoms with van der Waals surface area (Å²) in [4.78, 5) is 0. The van der Waals surface area contributed by atoms with Crippen molar-refractivity contribution in [3.05, 3.63) is 0 Å². The maximum Gasteiger partial charge on any atom is 0.0847 e. The maximum absolute atomic E-state index is 5.85. The first-order valence-electron chi connectivity index (χ1n) is 5.11. The molecule has 1 radical (unpaired) electrons. The van der Waals surface area contributed by atoms with Gasteiger partial charge >= 0.3 is 0 Å². The molecule has 87 valence electrons. The Labute approximate surface area is 120 Å². The van der Waals surface area contributed by atoms with Gasteiger partial charge in [-0.05, 0) is 24.9 Å². The monoisotopic (exact) mass is 309 g/mol. The fraction of sp³-hybridized carbons (Fsp3) is 1.00. The van der Waals surface area contributed by atoms with Crippen LogP contribution >= 0.6 is 8.81 Å². The molecule has 0 aliphatic carbocycles. The molecule has 1 saturated heterocycles. The molecule has 0 aromatic rings. The Morgan fingerprint density at radius 3 is 2.47 bits per heavy atom. The Balaban J connectivity index is 0.00000196. The van der Waals surface area contributed by atoms with E-state index >= 15 is 0 Å². The van der Waals surface area contributed by atoms with Crippen LogP contribution in [0.3, 0.4) is 0 Å². The summed E-state index contributed by atoms with van der Waals surface area (Å²) in [6.45, 7) is 5.10. The molecule has 5 atom stereocenters. The van der Waals surface area contributed by atoms with Gasteiger partial charge in [-0.15, -0.1) is 0 Å². The Bertz CT molecular complexity index is 171. The molecule has 0 N–H and O–H groups in total. The van der Waals surface area contributed by atoms with Crippen molar-refractivity contribution in [3.63, 3.8) is 0 Å². The Morgan fingerprint density at radius 1 is 1.27 bits per heavy atom. The molecule has 1 aliphatic rings. The van der Waals surface area contributed by atoms with Crippen LogP contribution < -0.4 is 0 Å². The van der Waals surface area contributed by atoms with E-state index in [1.54, 1.807) is 14.2 Å². The third-order valence-electron chi connectivity index (χ3n) is 3.08. The van der Waals surface area contributed by atoms with Crippen LogP contribution in [0.2, 0.25) is 0 Å². The molecule has 1 heterocycles. The van der Waals surface area contributed by atoms with Gasteiger partial charge in [-0.25, -0.2) is 0 Å². The molecule has 1 fully saturated rings. The Morgan fingerprint density at radius 2 is 1.93 bits per heavy atom. The predicted molar refractivity (Wildman–Crippen MR) is 59.1 cm³/mol. The summed E-state index contributed by atoms with van der Waals surface area (Å²) in [5.74, 6) is 1.20. The quantitative estimate of drug-likeness (QED) is 0.726. The third kappa shape index (κ3) is 4.65. The van der Waals surface area contributed by atoms with Crippen molar-refractivity contribution in [2.24, 2.45) is 11.8 Å². The number of methoxy groups -OCH3 is 1. The standard InChI is InChI=1S/C10H21O3P.Y/c1-7-8(2)13-10(5-11-3)9(7)6-14-12-4;/h7-10,14H,5-6H2,1-4H3;. The van der Waals surface area contributed by atoms with Crippen LogP contribution in [0.15, 0.2) is 0 Å². The van der Waals surface area contributed by atoms with E-state index in [0.29, 0.717) is 33.4 Å². The molecule has 1 rings (SSSR count). The van der Waals surface area contributed by atoms with E-state index in [-0.39, 0.29) is 38.8 Å².